The zero-order valence-electron chi connectivity index (χ0n) is 6.47. The first kappa shape index (κ1) is 7.73. The molecule has 12 heavy (non-hydrogen) atoms. The van der Waals surface area contributed by atoms with Crippen LogP contribution in [-0.4, -0.2) is 16.5 Å². The summed E-state index contributed by atoms with van der Waals surface area (Å²) in [5.41, 5.74) is 1.70. The summed E-state index contributed by atoms with van der Waals surface area (Å²) >= 11 is 0. The van der Waals surface area contributed by atoms with Gasteiger partial charge in [0.1, 0.15) is 0 Å². The highest BCUT2D eigenvalue weighted by molar-refractivity contribution is 5.29. The van der Waals surface area contributed by atoms with Crippen LogP contribution >= 0.6 is 0 Å². The smallest absolute Gasteiger partial charge is 0.184 e. The van der Waals surface area contributed by atoms with Gasteiger partial charge in [-0.2, -0.15) is 0 Å². The first-order chi connectivity index (χ1) is 5.77. The lowest BCUT2D eigenvalue weighted by Gasteiger charge is -2.25. The molecule has 0 radical (unpaired) electrons. The van der Waals surface area contributed by atoms with Crippen LogP contribution in [0.1, 0.15) is 17.4 Å². The largest absolute Gasteiger partial charge is 0.368 e. The number of ether oxygens (including phenoxy) is 1. The average Bonchev–Trinajstić information content (AvgIpc) is 2.04. The number of hydrogen-bond donors (Lipinski definition) is 2. The molecule has 0 bridgehead atoms. The number of benzene rings is 1. The van der Waals surface area contributed by atoms with Crippen molar-refractivity contribution in [2.45, 2.75) is 19.0 Å². The monoisotopic (exact) mass is 166 g/mol. The summed E-state index contributed by atoms with van der Waals surface area (Å²) in [6.45, 7) is 0. The molecule has 0 saturated carbocycles. The van der Waals surface area contributed by atoms with Crippen LogP contribution in [0.5, 0.6) is 0 Å². The normalized spacial score (nSPS) is 28.2. The molecule has 0 saturated heterocycles. The third-order valence-corrected chi connectivity index (χ3v) is 2.00. The molecule has 1 aliphatic heterocycles. The molecule has 0 spiro atoms. The molecule has 3 nitrogen and oxygen atoms in total. The predicted molar refractivity (Wildman–Crippen MR) is 42.2 cm³/mol. The quantitative estimate of drug-likeness (QED) is 0.592. The van der Waals surface area contributed by atoms with Gasteiger partial charge < -0.3 is 14.9 Å². The van der Waals surface area contributed by atoms with Crippen LogP contribution in [0.2, 0.25) is 0 Å². The van der Waals surface area contributed by atoms with Crippen LogP contribution in [0.4, 0.5) is 0 Å². The number of aliphatic hydroxyl groups is 2. The molecule has 2 N–H and O–H groups in total. The summed E-state index contributed by atoms with van der Waals surface area (Å²) in [5, 5.41) is 18.5. The maximum atomic E-state index is 9.35. The molecule has 1 heterocycles. The zero-order valence-corrected chi connectivity index (χ0v) is 6.47. The van der Waals surface area contributed by atoms with E-state index in [-0.39, 0.29) is 0 Å². The first-order valence-corrected chi connectivity index (χ1v) is 3.87. The van der Waals surface area contributed by atoms with Gasteiger partial charge in [0.15, 0.2) is 12.6 Å². The van der Waals surface area contributed by atoms with Crippen LogP contribution < -0.4 is 0 Å². The Bertz CT molecular complexity index is 285. The minimum Gasteiger partial charge on any atom is -0.368 e. The predicted octanol–water partition coefficient (Wildman–Crippen LogP) is 0.569. The fourth-order valence-corrected chi connectivity index (χ4v) is 1.42. The minimum absolute atomic E-state index is 0.452. The summed E-state index contributed by atoms with van der Waals surface area (Å²) in [6, 6.07) is 7.39. The SMILES string of the molecule is OC1Cc2ccccc2C(O)O1. The highest BCUT2D eigenvalue weighted by atomic mass is 16.7. The van der Waals surface area contributed by atoms with E-state index < -0.39 is 12.6 Å². The lowest BCUT2D eigenvalue weighted by molar-refractivity contribution is -0.219. The number of hydrogen-bond acceptors (Lipinski definition) is 3. The Morgan fingerprint density at radius 2 is 2.00 bits per heavy atom. The van der Waals surface area contributed by atoms with Crippen molar-refractivity contribution in [2.24, 2.45) is 0 Å². The van der Waals surface area contributed by atoms with Crippen LogP contribution in [0.15, 0.2) is 24.3 Å². The Morgan fingerprint density at radius 3 is 2.83 bits per heavy atom. The van der Waals surface area contributed by atoms with Gasteiger partial charge in [-0.05, 0) is 5.56 Å². The number of fused-ring (bicyclic) bond motifs is 1. The molecule has 3 heteroatoms. The summed E-state index contributed by atoms with van der Waals surface area (Å²) < 4.78 is 4.82. The van der Waals surface area contributed by atoms with Crippen molar-refractivity contribution in [1.82, 2.24) is 0 Å². The Morgan fingerprint density at radius 1 is 1.25 bits per heavy atom. The van der Waals surface area contributed by atoms with E-state index in [0.29, 0.717) is 6.42 Å². The van der Waals surface area contributed by atoms with Gasteiger partial charge in [-0.25, -0.2) is 0 Å². The summed E-state index contributed by atoms with van der Waals surface area (Å²) in [5.74, 6) is 0. The topological polar surface area (TPSA) is 49.7 Å². The Balaban J connectivity index is 2.40. The number of rotatable bonds is 0. The van der Waals surface area contributed by atoms with Gasteiger partial charge in [0.2, 0.25) is 0 Å². The Hall–Kier alpha value is -0.900. The van der Waals surface area contributed by atoms with Crippen molar-refractivity contribution < 1.29 is 14.9 Å². The fourth-order valence-electron chi connectivity index (χ4n) is 1.42. The van der Waals surface area contributed by atoms with E-state index >= 15 is 0 Å². The van der Waals surface area contributed by atoms with E-state index in [1.807, 2.05) is 18.2 Å². The third kappa shape index (κ3) is 1.22. The third-order valence-electron chi connectivity index (χ3n) is 2.00. The van der Waals surface area contributed by atoms with E-state index in [0.717, 1.165) is 11.1 Å². The molecule has 0 fully saturated rings. The summed E-state index contributed by atoms with van der Waals surface area (Å²) in [7, 11) is 0. The molecule has 0 aliphatic carbocycles. The van der Waals surface area contributed by atoms with Crippen molar-refractivity contribution in [3.05, 3.63) is 35.4 Å². The standard InChI is InChI=1S/C9H10O3/c10-8-5-6-3-1-2-4-7(6)9(11)12-8/h1-4,8-11H,5H2. The highest BCUT2D eigenvalue weighted by Crippen LogP contribution is 2.26. The van der Waals surface area contributed by atoms with E-state index in [4.69, 9.17) is 9.84 Å². The summed E-state index contributed by atoms with van der Waals surface area (Å²) in [4.78, 5) is 0. The first-order valence-electron chi connectivity index (χ1n) is 3.87. The van der Waals surface area contributed by atoms with E-state index in [2.05, 4.69) is 0 Å². The van der Waals surface area contributed by atoms with Crippen molar-refractivity contribution >= 4 is 0 Å². The number of aliphatic hydroxyl groups excluding tert-OH is 2. The molecule has 1 aromatic carbocycles. The molecule has 1 aliphatic rings. The minimum atomic E-state index is -0.982. The Labute approximate surface area is 70.2 Å². The molecule has 1 aromatic rings. The average molecular weight is 166 g/mol. The second-order valence-corrected chi connectivity index (χ2v) is 2.85. The molecule has 2 unspecified atom stereocenters. The van der Waals surface area contributed by atoms with Gasteiger partial charge in [-0.15, -0.1) is 0 Å². The summed E-state index contributed by atoms with van der Waals surface area (Å²) in [6.07, 6.45) is -1.41. The van der Waals surface area contributed by atoms with Gasteiger partial charge in [0.05, 0.1) is 0 Å². The maximum Gasteiger partial charge on any atom is 0.184 e. The lowest BCUT2D eigenvalue weighted by Crippen LogP contribution is -2.25. The highest BCUT2D eigenvalue weighted by Gasteiger charge is 2.23. The molecule has 2 atom stereocenters. The second-order valence-electron chi connectivity index (χ2n) is 2.85. The zero-order chi connectivity index (χ0) is 8.55. The molecule has 0 aromatic heterocycles. The van der Waals surface area contributed by atoms with E-state index in [9.17, 15) is 5.11 Å². The van der Waals surface area contributed by atoms with Crippen molar-refractivity contribution in [3.63, 3.8) is 0 Å². The molecular formula is C9H10O3. The van der Waals surface area contributed by atoms with Gasteiger partial charge in [0.25, 0.3) is 0 Å². The van der Waals surface area contributed by atoms with E-state index in [1.165, 1.54) is 0 Å². The van der Waals surface area contributed by atoms with Gasteiger partial charge >= 0.3 is 0 Å². The molecule has 64 valence electrons. The molecular weight excluding hydrogens is 156 g/mol. The maximum absolute atomic E-state index is 9.35. The van der Waals surface area contributed by atoms with Gasteiger partial charge in [-0.3, -0.25) is 0 Å². The van der Waals surface area contributed by atoms with Crippen molar-refractivity contribution in [3.8, 4) is 0 Å². The van der Waals surface area contributed by atoms with Crippen LogP contribution in [0.3, 0.4) is 0 Å². The molecule has 2 rings (SSSR count). The van der Waals surface area contributed by atoms with Crippen molar-refractivity contribution in [2.75, 3.05) is 0 Å². The van der Waals surface area contributed by atoms with Gasteiger partial charge in [0, 0.05) is 12.0 Å². The van der Waals surface area contributed by atoms with Crippen LogP contribution in [-0.2, 0) is 11.2 Å². The Kier molecular flexibility index (Phi) is 1.84. The fraction of sp³-hybridized carbons (Fsp3) is 0.333. The van der Waals surface area contributed by atoms with Crippen LogP contribution in [0, 0.1) is 0 Å². The molecule has 0 amide bonds. The van der Waals surface area contributed by atoms with E-state index in [1.54, 1.807) is 6.07 Å². The van der Waals surface area contributed by atoms with Crippen LogP contribution in [0.25, 0.3) is 0 Å². The lowest BCUT2D eigenvalue weighted by atomic mass is 10.0. The van der Waals surface area contributed by atoms with Gasteiger partial charge in [-0.1, -0.05) is 24.3 Å². The van der Waals surface area contributed by atoms with Crippen molar-refractivity contribution in [1.29, 1.82) is 0 Å². The second kappa shape index (κ2) is 2.86.